The molecule has 1 N–H and O–H groups in total. The molecule has 128 valence electrons. The molecule has 5 rings (SSSR count). The number of alkyl halides is 2. The van der Waals surface area contributed by atoms with E-state index >= 15 is 0 Å². The number of nitrogens with zero attached hydrogens (tertiary/aromatic N) is 4. The predicted octanol–water partition coefficient (Wildman–Crippen LogP) is 3.38. The summed E-state index contributed by atoms with van der Waals surface area (Å²) in [6.45, 7) is 0.791. The second-order valence-electron chi connectivity index (χ2n) is 6.94. The maximum absolute atomic E-state index is 12.9. The monoisotopic (exact) mass is 341 g/mol. The number of rotatable bonds is 4. The highest BCUT2D eigenvalue weighted by Crippen LogP contribution is 2.61. The summed E-state index contributed by atoms with van der Waals surface area (Å²) in [5, 5.41) is 14.7. The highest BCUT2D eigenvalue weighted by Gasteiger charge is 2.57. The fourth-order valence-electron chi connectivity index (χ4n) is 4.26. The number of anilines is 1. The molecule has 7 heteroatoms. The van der Waals surface area contributed by atoms with Gasteiger partial charge in [0.2, 0.25) is 5.82 Å². The molecule has 2 aliphatic carbocycles. The number of fused-ring (bicyclic) bond motifs is 3. The quantitative estimate of drug-likeness (QED) is 0.790. The summed E-state index contributed by atoms with van der Waals surface area (Å²) in [6, 6.07) is 12.1. The Hall–Kier alpha value is -2.57. The number of aromatic nitrogens is 4. The first-order valence-corrected chi connectivity index (χ1v) is 8.50. The van der Waals surface area contributed by atoms with Gasteiger partial charge < -0.3 is 5.32 Å². The lowest BCUT2D eigenvalue weighted by atomic mass is 9.95. The van der Waals surface area contributed by atoms with Crippen LogP contribution in [0.5, 0.6) is 0 Å². The molecule has 1 aromatic carbocycles. The fraction of sp³-hybridized carbons (Fsp3) is 0.389. The number of benzene rings is 1. The van der Waals surface area contributed by atoms with Crippen LogP contribution in [0.2, 0.25) is 0 Å². The van der Waals surface area contributed by atoms with Gasteiger partial charge in [-0.2, -0.15) is 4.52 Å². The van der Waals surface area contributed by atoms with Gasteiger partial charge >= 0.3 is 0 Å². The van der Waals surface area contributed by atoms with E-state index in [1.54, 1.807) is 12.1 Å². The van der Waals surface area contributed by atoms with Crippen molar-refractivity contribution in [2.75, 3.05) is 11.9 Å². The summed E-state index contributed by atoms with van der Waals surface area (Å²) >= 11 is 0. The third-order valence-corrected chi connectivity index (χ3v) is 5.64. The van der Waals surface area contributed by atoms with Gasteiger partial charge in [-0.1, -0.05) is 24.3 Å². The Balaban J connectivity index is 1.33. The van der Waals surface area contributed by atoms with Crippen molar-refractivity contribution in [1.82, 2.24) is 19.8 Å². The molecular formula is C18H17F2N5. The van der Waals surface area contributed by atoms with E-state index in [-0.39, 0.29) is 0 Å². The molecule has 3 aromatic rings. The molecule has 0 saturated heterocycles. The molecule has 2 aliphatic rings. The number of aryl methyl sites for hydroxylation is 1. The minimum absolute atomic E-state index is 0.304. The predicted molar refractivity (Wildman–Crippen MR) is 88.8 cm³/mol. The van der Waals surface area contributed by atoms with Crippen LogP contribution in [0.25, 0.3) is 5.65 Å². The van der Waals surface area contributed by atoms with Crippen molar-refractivity contribution >= 4 is 11.5 Å². The first kappa shape index (κ1) is 14.7. The Bertz CT molecular complexity index is 954. The summed E-state index contributed by atoms with van der Waals surface area (Å²) in [5.74, 6) is 0.706. The summed E-state index contributed by atoms with van der Waals surface area (Å²) in [4.78, 5) is 0. The lowest BCUT2D eigenvalue weighted by Gasteiger charge is -2.12. The van der Waals surface area contributed by atoms with Gasteiger partial charge in [-0.25, -0.2) is 8.78 Å². The zero-order valence-corrected chi connectivity index (χ0v) is 13.5. The van der Waals surface area contributed by atoms with Crippen LogP contribution in [0.3, 0.4) is 0 Å². The smallest absolute Gasteiger partial charge is 0.299 e. The van der Waals surface area contributed by atoms with Gasteiger partial charge in [0.05, 0.1) is 0 Å². The average molecular weight is 341 g/mol. The molecule has 0 aliphatic heterocycles. The third-order valence-electron chi connectivity index (χ3n) is 5.64. The normalized spacial score (nSPS) is 24.2. The highest BCUT2D eigenvalue weighted by atomic mass is 19.3. The van der Waals surface area contributed by atoms with Gasteiger partial charge in [0.1, 0.15) is 5.82 Å². The zero-order chi connectivity index (χ0) is 17.0. The molecule has 0 bridgehead atoms. The van der Waals surface area contributed by atoms with Gasteiger partial charge in [0, 0.05) is 12.0 Å². The molecule has 0 amide bonds. The molecule has 0 unspecified atom stereocenters. The molecule has 0 radical (unpaired) electrons. The average Bonchev–Trinajstić information content (AvgIpc) is 2.97. The van der Waals surface area contributed by atoms with Crippen LogP contribution in [0.4, 0.5) is 14.6 Å². The van der Waals surface area contributed by atoms with Crippen molar-refractivity contribution in [1.29, 1.82) is 0 Å². The van der Waals surface area contributed by atoms with Crippen LogP contribution >= 0.6 is 0 Å². The van der Waals surface area contributed by atoms with E-state index in [4.69, 9.17) is 0 Å². The first-order valence-electron chi connectivity index (χ1n) is 8.50. The Morgan fingerprint density at radius 3 is 2.96 bits per heavy atom. The largest absolute Gasteiger partial charge is 0.368 e. The molecule has 2 aromatic heterocycles. The van der Waals surface area contributed by atoms with Gasteiger partial charge in [-0.05, 0) is 48.4 Å². The molecular weight excluding hydrogens is 324 g/mol. The topological polar surface area (TPSA) is 55.1 Å². The lowest BCUT2D eigenvalue weighted by molar-refractivity contribution is 0.137. The Labute approximate surface area is 143 Å². The minimum atomic E-state index is -2.69. The van der Waals surface area contributed by atoms with E-state index in [1.165, 1.54) is 24.0 Å². The van der Waals surface area contributed by atoms with E-state index in [2.05, 4.69) is 44.9 Å². The number of halogens is 2. The van der Waals surface area contributed by atoms with Crippen LogP contribution in [-0.4, -0.2) is 26.4 Å². The Kier molecular flexibility index (Phi) is 3.07. The number of hydrogen-bond donors (Lipinski definition) is 1. The van der Waals surface area contributed by atoms with Crippen molar-refractivity contribution in [2.45, 2.75) is 31.1 Å². The molecule has 1 fully saturated rings. The van der Waals surface area contributed by atoms with Crippen LogP contribution in [0, 0.1) is 5.92 Å². The fourth-order valence-corrected chi connectivity index (χ4v) is 4.26. The van der Waals surface area contributed by atoms with Crippen LogP contribution in [0.15, 0.2) is 36.4 Å². The van der Waals surface area contributed by atoms with Gasteiger partial charge in [-0.3, -0.25) is 0 Å². The second-order valence-corrected chi connectivity index (χ2v) is 6.94. The SMILES string of the molecule is FC(F)c1nnc2ccc(NC[C@@H]3C[C@@]34CCc3ccccc34)nn12. The Morgan fingerprint density at radius 2 is 2.08 bits per heavy atom. The maximum Gasteiger partial charge on any atom is 0.299 e. The molecule has 2 atom stereocenters. The van der Waals surface area contributed by atoms with Gasteiger partial charge in [-0.15, -0.1) is 15.3 Å². The number of hydrogen-bond acceptors (Lipinski definition) is 4. The summed E-state index contributed by atoms with van der Waals surface area (Å²) in [5.41, 5.74) is 3.59. The van der Waals surface area contributed by atoms with E-state index in [0.29, 0.717) is 22.8 Å². The second kappa shape index (κ2) is 5.21. The molecule has 5 nitrogen and oxygen atoms in total. The zero-order valence-electron chi connectivity index (χ0n) is 13.5. The Morgan fingerprint density at radius 1 is 1.20 bits per heavy atom. The minimum Gasteiger partial charge on any atom is -0.368 e. The number of nitrogens with one attached hydrogen (secondary N) is 1. The van der Waals surface area contributed by atoms with Crippen LogP contribution in [-0.2, 0) is 11.8 Å². The summed E-state index contributed by atoms with van der Waals surface area (Å²) in [6.07, 6.45) is 0.828. The highest BCUT2D eigenvalue weighted by molar-refractivity contribution is 5.47. The molecule has 25 heavy (non-hydrogen) atoms. The van der Waals surface area contributed by atoms with E-state index in [1.807, 2.05) is 0 Å². The van der Waals surface area contributed by atoms with Crippen molar-refractivity contribution in [3.63, 3.8) is 0 Å². The summed E-state index contributed by atoms with van der Waals surface area (Å²) in [7, 11) is 0. The first-order chi connectivity index (χ1) is 12.2. The summed E-state index contributed by atoms with van der Waals surface area (Å²) < 4.78 is 27.0. The molecule has 2 heterocycles. The molecule has 1 saturated carbocycles. The van der Waals surface area contributed by atoms with Crippen molar-refractivity contribution < 1.29 is 8.78 Å². The van der Waals surface area contributed by atoms with Crippen LogP contribution in [0.1, 0.15) is 36.2 Å². The van der Waals surface area contributed by atoms with Crippen molar-refractivity contribution in [3.8, 4) is 0 Å². The standard InChI is InChI=1S/C18H17F2N5/c19-16(20)17-23-22-15-6-5-14(24-25(15)17)21-10-12-9-18(12)8-7-11-3-1-2-4-13(11)18/h1-6,12,16H,7-10H2,(H,21,24)/t12-,18-/m0/s1. The van der Waals surface area contributed by atoms with E-state index in [9.17, 15) is 8.78 Å². The maximum atomic E-state index is 12.9. The van der Waals surface area contributed by atoms with Gasteiger partial charge in [0.25, 0.3) is 6.43 Å². The van der Waals surface area contributed by atoms with E-state index < -0.39 is 12.2 Å². The molecule has 1 spiro atoms. The van der Waals surface area contributed by atoms with Crippen LogP contribution < -0.4 is 5.32 Å². The third kappa shape index (κ3) is 2.22. The van der Waals surface area contributed by atoms with Crippen molar-refractivity contribution in [2.24, 2.45) is 5.92 Å². The van der Waals surface area contributed by atoms with E-state index in [0.717, 1.165) is 17.5 Å². The lowest BCUT2D eigenvalue weighted by Crippen LogP contribution is -2.14. The van der Waals surface area contributed by atoms with Crippen molar-refractivity contribution in [3.05, 3.63) is 53.3 Å². The van der Waals surface area contributed by atoms with Gasteiger partial charge in [0.15, 0.2) is 5.65 Å².